The molecule has 2 aromatic rings. The van der Waals surface area contributed by atoms with Gasteiger partial charge < -0.3 is 19.3 Å². The standard InChI is InChI=1S/C24H28F2N4O2/c1-4-13-28-23(5-2)29-15-11-19(12-16-29)30(21-17-27-14-10-22(21)31-3)18-6-8-20(9-7-18)32-24(25)26/h4-10,13-14,17,19,24H,1,11-12,15-16H2,2-3H3/b23-5+,28-13-. The van der Waals surface area contributed by atoms with Crippen molar-refractivity contribution in [3.05, 3.63) is 67.3 Å². The van der Waals surface area contributed by atoms with Crippen LogP contribution >= 0.6 is 0 Å². The maximum absolute atomic E-state index is 12.6. The second-order valence-corrected chi connectivity index (χ2v) is 7.17. The summed E-state index contributed by atoms with van der Waals surface area (Å²) in [6.07, 6.45) is 10.5. The number of anilines is 2. The Hall–Kier alpha value is -3.42. The summed E-state index contributed by atoms with van der Waals surface area (Å²) < 4.78 is 35.2. The molecule has 0 spiro atoms. The molecule has 0 saturated carbocycles. The molecule has 1 aliphatic rings. The van der Waals surface area contributed by atoms with Crippen molar-refractivity contribution < 1.29 is 18.3 Å². The van der Waals surface area contributed by atoms with E-state index in [1.807, 2.05) is 19.1 Å². The van der Waals surface area contributed by atoms with Crippen LogP contribution in [0.5, 0.6) is 11.5 Å². The number of pyridine rings is 1. The Morgan fingerprint density at radius 3 is 2.56 bits per heavy atom. The lowest BCUT2D eigenvalue weighted by molar-refractivity contribution is -0.0498. The normalized spacial score (nSPS) is 15.3. The van der Waals surface area contributed by atoms with Gasteiger partial charge in [-0.3, -0.25) is 4.98 Å². The molecule has 2 heterocycles. The van der Waals surface area contributed by atoms with Gasteiger partial charge in [0.15, 0.2) is 0 Å². The van der Waals surface area contributed by atoms with Gasteiger partial charge in [0.25, 0.3) is 0 Å². The Kier molecular flexibility index (Phi) is 8.19. The van der Waals surface area contributed by atoms with Crippen molar-refractivity contribution >= 4 is 17.6 Å². The quantitative estimate of drug-likeness (QED) is 0.486. The highest BCUT2D eigenvalue weighted by atomic mass is 19.3. The van der Waals surface area contributed by atoms with Crippen molar-refractivity contribution in [3.8, 4) is 11.5 Å². The number of allylic oxidation sites excluding steroid dienone is 2. The van der Waals surface area contributed by atoms with E-state index in [1.54, 1.807) is 56.1 Å². The SMILES string of the molecule is C=C/C=N\C(=C/C)N1CCC(N(c2ccc(OC(F)F)cc2)c2cnccc2OC)CC1. The second-order valence-electron chi connectivity index (χ2n) is 7.17. The van der Waals surface area contributed by atoms with Gasteiger partial charge in [-0.05, 0) is 50.1 Å². The van der Waals surface area contributed by atoms with E-state index < -0.39 is 6.61 Å². The highest BCUT2D eigenvalue weighted by Crippen LogP contribution is 2.38. The summed E-state index contributed by atoms with van der Waals surface area (Å²) in [6.45, 7) is 4.44. The van der Waals surface area contributed by atoms with Gasteiger partial charge in [0, 0.05) is 43.3 Å². The first-order chi connectivity index (χ1) is 15.6. The minimum absolute atomic E-state index is 0.120. The highest BCUT2D eigenvalue weighted by molar-refractivity contribution is 5.71. The molecular formula is C24H28F2N4O2. The molecule has 0 amide bonds. The summed E-state index contributed by atoms with van der Waals surface area (Å²) in [5, 5.41) is 0. The fourth-order valence-electron chi connectivity index (χ4n) is 3.88. The van der Waals surface area contributed by atoms with Crippen molar-refractivity contribution in [2.45, 2.75) is 32.4 Å². The molecule has 1 saturated heterocycles. The van der Waals surface area contributed by atoms with Crippen LogP contribution < -0.4 is 14.4 Å². The first-order valence-electron chi connectivity index (χ1n) is 10.5. The third-order valence-corrected chi connectivity index (χ3v) is 5.30. The summed E-state index contributed by atoms with van der Waals surface area (Å²) in [5.74, 6) is 1.73. The fourth-order valence-corrected chi connectivity index (χ4v) is 3.88. The number of aromatic nitrogens is 1. The highest BCUT2D eigenvalue weighted by Gasteiger charge is 2.28. The lowest BCUT2D eigenvalue weighted by atomic mass is 10.0. The van der Waals surface area contributed by atoms with Gasteiger partial charge >= 0.3 is 6.61 Å². The van der Waals surface area contributed by atoms with Crippen LogP contribution in [0.3, 0.4) is 0 Å². The summed E-state index contributed by atoms with van der Waals surface area (Å²) in [4.78, 5) is 13.2. The molecule has 32 heavy (non-hydrogen) atoms. The van der Waals surface area contributed by atoms with E-state index in [0.29, 0.717) is 5.75 Å². The average Bonchev–Trinajstić information content (AvgIpc) is 2.81. The van der Waals surface area contributed by atoms with Gasteiger partial charge in [0.1, 0.15) is 23.0 Å². The van der Waals surface area contributed by atoms with Crippen molar-refractivity contribution in [2.24, 2.45) is 4.99 Å². The molecule has 6 nitrogen and oxygen atoms in total. The maximum atomic E-state index is 12.6. The van der Waals surface area contributed by atoms with Gasteiger partial charge in [0.05, 0.1) is 13.3 Å². The predicted molar refractivity (Wildman–Crippen MR) is 123 cm³/mol. The number of aliphatic imine (C=N–C) groups is 1. The summed E-state index contributed by atoms with van der Waals surface area (Å²) in [7, 11) is 1.62. The number of alkyl halides is 2. The molecule has 1 aromatic heterocycles. The number of benzene rings is 1. The summed E-state index contributed by atoms with van der Waals surface area (Å²) in [6, 6.07) is 8.63. The summed E-state index contributed by atoms with van der Waals surface area (Å²) in [5.41, 5.74) is 1.68. The number of ether oxygens (including phenoxy) is 2. The van der Waals surface area contributed by atoms with Gasteiger partial charge in [-0.2, -0.15) is 8.78 Å². The van der Waals surface area contributed by atoms with Crippen LogP contribution in [-0.4, -0.2) is 49.0 Å². The van der Waals surface area contributed by atoms with Crippen LogP contribution in [0.25, 0.3) is 0 Å². The van der Waals surface area contributed by atoms with Gasteiger partial charge in [-0.1, -0.05) is 12.7 Å². The molecule has 0 atom stereocenters. The molecular weight excluding hydrogens is 414 g/mol. The topological polar surface area (TPSA) is 50.2 Å². The number of piperidine rings is 1. The van der Waals surface area contributed by atoms with E-state index in [1.165, 1.54) is 0 Å². The van der Waals surface area contributed by atoms with Crippen molar-refractivity contribution in [1.82, 2.24) is 9.88 Å². The van der Waals surface area contributed by atoms with E-state index in [4.69, 9.17) is 4.74 Å². The molecule has 0 N–H and O–H groups in total. The predicted octanol–water partition coefficient (Wildman–Crippen LogP) is 5.41. The van der Waals surface area contributed by atoms with E-state index in [9.17, 15) is 8.78 Å². The molecule has 0 bridgehead atoms. The number of nitrogens with zero attached hydrogens (tertiary/aromatic N) is 4. The zero-order chi connectivity index (χ0) is 22.9. The van der Waals surface area contributed by atoms with Crippen LogP contribution in [0.2, 0.25) is 0 Å². The lowest BCUT2D eigenvalue weighted by Gasteiger charge is -2.40. The number of hydrogen-bond acceptors (Lipinski definition) is 6. The summed E-state index contributed by atoms with van der Waals surface area (Å²) >= 11 is 0. The van der Waals surface area contributed by atoms with Crippen molar-refractivity contribution in [3.63, 3.8) is 0 Å². The zero-order valence-electron chi connectivity index (χ0n) is 18.3. The van der Waals surface area contributed by atoms with E-state index >= 15 is 0 Å². The molecule has 0 unspecified atom stereocenters. The smallest absolute Gasteiger partial charge is 0.387 e. The third-order valence-electron chi connectivity index (χ3n) is 5.30. The monoisotopic (exact) mass is 442 g/mol. The van der Waals surface area contributed by atoms with E-state index in [-0.39, 0.29) is 11.8 Å². The molecule has 170 valence electrons. The minimum atomic E-state index is -2.86. The van der Waals surface area contributed by atoms with Gasteiger partial charge in [-0.15, -0.1) is 0 Å². The average molecular weight is 443 g/mol. The number of methoxy groups -OCH3 is 1. The molecule has 8 heteroatoms. The van der Waals surface area contributed by atoms with Crippen LogP contribution in [0.1, 0.15) is 19.8 Å². The number of rotatable bonds is 9. The Balaban J connectivity index is 1.87. The first kappa shape index (κ1) is 23.2. The number of hydrogen-bond donors (Lipinski definition) is 0. The van der Waals surface area contributed by atoms with Gasteiger partial charge in [0.2, 0.25) is 0 Å². The molecule has 1 aromatic carbocycles. The Bertz CT molecular complexity index is 939. The van der Waals surface area contributed by atoms with Crippen LogP contribution in [0.15, 0.2) is 72.3 Å². The zero-order valence-corrected chi connectivity index (χ0v) is 18.3. The number of halogens is 2. The Morgan fingerprint density at radius 1 is 1.25 bits per heavy atom. The van der Waals surface area contributed by atoms with Crippen LogP contribution in [0, 0.1) is 0 Å². The third kappa shape index (κ3) is 5.63. The van der Waals surface area contributed by atoms with Gasteiger partial charge in [-0.25, -0.2) is 4.99 Å². The Labute approximate surface area is 187 Å². The van der Waals surface area contributed by atoms with Crippen molar-refractivity contribution in [2.75, 3.05) is 25.1 Å². The van der Waals surface area contributed by atoms with Crippen LogP contribution in [-0.2, 0) is 0 Å². The van der Waals surface area contributed by atoms with Crippen LogP contribution in [0.4, 0.5) is 20.2 Å². The molecule has 0 aliphatic carbocycles. The molecule has 0 radical (unpaired) electrons. The second kappa shape index (κ2) is 11.3. The molecule has 3 rings (SSSR count). The minimum Gasteiger partial charge on any atom is -0.494 e. The largest absolute Gasteiger partial charge is 0.494 e. The lowest BCUT2D eigenvalue weighted by Crippen LogP contribution is -2.42. The number of likely N-dealkylation sites (tertiary alicyclic amines) is 1. The van der Waals surface area contributed by atoms with E-state index in [0.717, 1.165) is 43.1 Å². The van der Waals surface area contributed by atoms with E-state index in [2.05, 4.69) is 31.1 Å². The van der Waals surface area contributed by atoms with Crippen molar-refractivity contribution in [1.29, 1.82) is 0 Å². The molecule has 1 fully saturated rings. The molecule has 1 aliphatic heterocycles. The first-order valence-corrected chi connectivity index (χ1v) is 10.5. The Morgan fingerprint density at radius 2 is 1.97 bits per heavy atom. The fraction of sp³-hybridized carbons (Fsp3) is 0.333. The maximum Gasteiger partial charge on any atom is 0.387 e.